The molecule has 0 bridgehead atoms. The quantitative estimate of drug-likeness (QED) is 0.656. The molecule has 0 spiro atoms. The largest absolute Gasteiger partial charge is 0.268 e. The molecule has 1 aliphatic rings. The fourth-order valence-corrected chi connectivity index (χ4v) is 1.46. The average molecular weight is 175 g/mol. The smallest absolute Gasteiger partial charge is 0.0587 e. The number of para-hydroxylation sites is 1. The summed E-state index contributed by atoms with van der Waals surface area (Å²) in [7, 11) is 0. The van der Waals surface area contributed by atoms with Crippen LogP contribution in [-0.2, 0) is 0 Å². The second-order valence-electron chi connectivity index (χ2n) is 3.25. The summed E-state index contributed by atoms with van der Waals surface area (Å²) in [6.45, 7) is 2.87. The average Bonchev–Trinajstić information content (AvgIpc) is 2.47. The van der Waals surface area contributed by atoms with Crippen LogP contribution < -0.4 is 10.9 Å². The number of hydrogen-bond donors (Lipinski definition) is 1. The van der Waals surface area contributed by atoms with Gasteiger partial charge in [0, 0.05) is 6.20 Å². The van der Waals surface area contributed by atoms with Gasteiger partial charge in [0.2, 0.25) is 0 Å². The molecule has 0 aliphatic carbocycles. The van der Waals surface area contributed by atoms with Crippen molar-refractivity contribution in [1.82, 2.24) is 5.12 Å². The van der Waals surface area contributed by atoms with Crippen LogP contribution >= 0.6 is 0 Å². The number of hydrazine groups is 2. The van der Waals surface area contributed by atoms with Crippen molar-refractivity contribution in [3.63, 3.8) is 0 Å². The van der Waals surface area contributed by atoms with Gasteiger partial charge in [0.05, 0.1) is 12.2 Å². The van der Waals surface area contributed by atoms with Gasteiger partial charge in [0.15, 0.2) is 0 Å². The van der Waals surface area contributed by atoms with E-state index in [1.165, 1.54) is 5.57 Å². The summed E-state index contributed by atoms with van der Waals surface area (Å²) in [6, 6.07) is 10.1. The van der Waals surface area contributed by atoms with Gasteiger partial charge in [-0.3, -0.25) is 5.01 Å². The lowest BCUT2D eigenvalue weighted by molar-refractivity contribution is 0.332. The number of nitrogens with zero attached hydrogens (tertiary/aromatic N) is 2. The maximum Gasteiger partial charge on any atom is 0.0587 e. The molecular weight excluding hydrogens is 162 g/mol. The Hall–Kier alpha value is -1.32. The third-order valence-electron chi connectivity index (χ3n) is 2.05. The molecule has 0 fully saturated rings. The van der Waals surface area contributed by atoms with Gasteiger partial charge in [-0.15, -0.1) is 0 Å². The van der Waals surface area contributed by atoms with Crippen molar-refractivity contribution in [1.29, 1.82) is 0 Å². The minimum atomic E-state index is 0.800. The van der Waals surface area contributed by atoms with E-state index < -0.39 is 0 Å². The molecule has 1 aromatic carbocycles. The molecule has 1 aromatic rings. The Kier molecular flexibility index (Phi) is 2.04. The van der Waals surface area contributed by atoms with Crippen LogP contribution in [0.1, 0.15) is 6.92 Å². The molecule has 1 heterocycles. The predicted molar refractivity (Wildman–Crippen MR) is 53.6 cm³/mol. The molecule has 0 atom stereocenters. The zero-order valence-corrected chi connectivity index (χ0v) is 7.64. The molecular formula is C10H13N3. The molecule has 3 heteroatoms. The van der Waals surface area contributed by atoms with E-state index in [1.54, 1.807) is 5.12 Å². The van der Waals surface area contributed by atoms with Crippen molar-refractivity contribution < 1.29 is 0 Å². The standard InChI is InChI=1S/C10H13N3/c1-9-7-12(13(11)8-9)10-5-3-2-4-6-10/h2-7H,8,11H2,1H3. The molecule has 2 rings (SSSR count). The fraction of sp³-hybridized carbons (Fsp3) is 0.200. The Bertz CT molecular complexity index is 318. The Labute approximate surface area is 78.0 Å². The van der Waals surface area contributed by atoms with Crippen LogP contribution in [0.15, 0.2) is 42.1 Å². The Morgan fingerprint density at radius 2 is 1.92 bits per heavy atom. The molecule has 1 aliphatic heterocycles. The van der Waals surface area contributed by atoms with E-state index in [9.17, 15) is 0 Å². The summed E-state index contributed by atoms with van der Waals surface area (Å²) in [5, 5.41) is 3.65. The number of anilines is 1. The molecule has 0 amide bonds. The molecule has 3 nitrogen and oxygen atoms in total. The molecule has 0 aromatic heterocycles. The van der Waals surface area contributed by atoms with Crippen molar-refractivity contribution in [3.05, 3.63) is 42.1 Å². The van der Waals surface area contributed by atoms with E-state index in [4.69, 9.17) is 5.84 Å². The van der Waals surface area contributed by atoms with E-state index in [1.807, 2.05) is 35.3 Å². The van der Waals surface area contributed by atoms with Crippen molar-refractivity contribution in [3.8, 4) is 0 Å². The summed E-state index contributed by atoms with van der Waals surface area (Å²) >= 11 is 0. The SMILES string of the molecule is CC1=CN(c2ccccc2)N(N)C1. The van der Waals surface area contributed by atoms with Gasteiger partial charge >= 0.3 is 0 Å². The summed E-state index contributed by atoms with van der Waals surface area (Å²) in [6.07, 6.45) is 2.05. The minimum absolute atomic E-state index is 0.800. The van der Waals surface area contributed by atoms with Gasteiger partial charge in [-0.2, -0.15) is 5.12 Å². The number of hydrogen-bond acceptors (Lipinski definition) is 3. The molecule has 0 saturated carbocycles. The Morgan fingerprint density at radius 3 is 2.46 bits per heavy atom. The van der Waals surface area contributed by atoms with Crippen molar-refractivity contribution >= 4 is 5.69 Å². The normalized spacial score (nSPS) is 17.7. The Balaban J connectivity index is 2.27. The number of benzene rings is 1. The molecule has 0 unspecified atom stereocenters. The molecule has 2 N–H and O–H groups in total. The van der Waals surface area contributed by atoms with Crippen LogP contribution in [0.4, 0.5) is 5.69 Å². The summed E-state index contributed by atoms with van der Waals surface area (Å²) in [5.41, 5.74) is 2.37. The molecule has 0 radical (unpaired) electrons. The monoisotopic (exact) mass is 175 g/mol. The number of rotatable bonds is 1. The van der Waals surface area contributed by atoms with Crippen LogP contribution in [0.2, 0.25) is 0 Å². The highest BCUT2D eigenvalue weighted by molar-refractivity contribution is 5.49. The highest BCUT2D eigenvalue weighted by Crippen LogP contribution is 2.20. The van der Waals surface area contributed by atoms with Crippen LogP contribution in [-0.4, -0.2) is 11.7 Å². The van der Waals surface area contributed by atoms with E-state index in [0.717, 1.165) is 12.2 Å². The zero-order valence-electron chi connectivity index (χ0n) is 7.64. The third-order valence-corrected chi connectivity index (χ3v) is 2.05. The lowest BCUT2D eigenvalue weighted by atomic mass is 10.3. The topological polar surface area (TPSA) is 32.5 Å². The van der Waals surface area contributed by atoms with Gasteiger partial charge < -0.3 is 0 Å². The van der Waals surface area contributed by atoms with E-state index in [-0.39, 0.29) is 0 Å². The van der Waals surface area contributed by atoms with Gasteiger partial charge in [-0.25, -0.2) is 5.84 Å². The Morgan fingerprint density at radius 1 is 1.23 bits per heavy atom. The van der Waals surface area contributed by atoms with Crippen LogP contribution in [0.3, 0.4) is 0 Å². The van der Waals surface area contributed by atoms with Gasteiger partial charge in [0.25, 0.3) is 0 Å². The van der Waals surface area contributed by atoms with Crippen LogP contribution in [0, 0.1) is 0 Å². The first-order valence-electron chi connectivity index (χ1n) is 4.31. The number of nitrogens with two attached hydrogens (primary N) is 1. The fourth-order valence-electron chi connectivity index (χ4n) is 1.46. The first-order chi connectivity index (χ1) is 6.27. The third kappa shape index (κ3) is 1.56. The second kappa shape index (κ2) is 3.20. The highest BCUT2D eigenvalue weighted by atomic mass is 15.8. The van der Waals surface area contributed by atoms with E-state index >= 15 is 0 Å². The zero-order chi connectivity index (χ0) is 9.26. The van der Waals surface area contributed by atoms with E-state index in [0.29, 0.717) is 0 Å². The van der Waals surface area contributed by atoms with Crippen LogP contribution in [0.25, 0.3) is 0 Å². The second-order valence-corrected chi connectivity index (χ2v) is 3.25. The minimum Gasteiger partial charge on any atom is -0.268 e. The maximum absolute atomic E-state index is 5.81. The first kappa shape index (κ1) is 8.29. The first-order valence-corrected chi connectivity index (χ1v) is 4.31. The molecule has 13 heavy (non-hydrogen) atoms. The van der Waals surface area contributed by atoms with Crippen molar-refractivity contribution in [2.75, 3.05) is 11.6 Å². The van der Waals surface area contributed by atoms with E-state index in [2.05, 4.69) is 13.1 Å². The van der Waals surface area contributed by atoms with Crippen molar-refractivity contribution in [2.24, 2.45) is 5.84 Å². The summed E-state index contributed by atoms with van der Waals surface area (Å²) in [4.78, 5) is 0. The van der Waals surface area contributed by atoms with Crippen LogP contribution in [0.5, 0.6) is 0 Å². The lowest BCUT2D eigenvalue weighted by Gasteiger charge is -2.24. The highest BCUT2D eigenvalue weighted by Gasteiger charge is 2.16. The predicted octanol–water partition coefficient (Wildman–Crippen LogP) is 1.50. The van der Waals surface area contributed by atoms with Gasteiger partial charge in [0.1, 0.15) is 0 Å². The summed E-state index contributed by atoms with van der Waals surface area (Å²) in [5.74, 6) is 5.81. The summed E-state index contributed by atoms with van der Waals surface area (Å²) < 4.78 is 0. The maximum atomic E-state index is 5.81. The lowest BCUT2D eigenvalue weighted by Crippen LogP contribution is -2.41. The van der Waals surface area contributed by atoms with Gasteiger partial charge in [-0.1, -0.05) is 18.2 Å². The molecule has 0 saturated heterocycles. The van der Waals surface area contributed by atoms with Gasteiger partial charge in [-0.05, 0) is 24.6 Å². The molecule has 68 valence electrons. The van der Waals surface area contributed by atoms with Crippen molar-refractivity contribution in [2.45, 2.75) is 6.92 Å².